The summed E-state index contributed by atoms with van der Waals surface area (Å²) in [7, 11) is 1.67. The van der Waals surface area contributed by atoms with Gasteiger partial charge in [0.2, 0.25) is 0 Å². The average Bonchev–Trinajstić information content (AvgIpc) is 2.44. The molecular formula is C15H23Cl2N5O3. The first-order chi connectivity index (χ1) is 10.6. The highest BCUT2D eigenvalue weighted by atomic mass is 35.5. The predicted molar refractivity (Wildman–Crippen MR) is 102 cm³/mol. The number of aromatic nitrogens is 3. The molecule has 10 heteroatoms. The van der Waals surface area contributed by atoms with Crippen LogP contribution in [0.15, 0.2) is 15.7 Å². The molecule has 0 atom stereocenters. The van der Waals surface area contributed by atoms with Gasteiger partial charge in [-0.1, -0.05) is 13.8 Å². The zero-order valence-corrected chi connectivity index (χ0v) is 16.1. The van der Waals surface area contributed by atoms with Gasteiger partial charge in [0.15, 0.2) is 0 Å². The van der Waals surface area contributed by atoms with E-state index in [4.69, 9.17) is 5.73 Å². The van der Waals surface area contributed by atoms with Crippen molar-refractivity contribution in [1.29, 1.82) is 0 Å². The minimum atomic E-state index is -0.656. The molecule has 0 bridgehead atoms. The number of carbonyl (C=O) groups is 1. The van der Waals surface area contributed by atoms with Crippen LogP contribution in [0.1, 0.15) is 29.9 Å². The topological polar surface area (TPSA) is 125 Å². The Morgan fingerprint density at radius 1 is 1.28 bits per heavy atom. The summed E-state index contributed by atoms with van der Waals surface area (Å²) in [5, 5.41) is 0.270. The molecule has 2 heterocycles. The SMILES string of the molecule is Cc1cc(C(=O)N(C)CC(C)(C)CN)nc2[nH]c(=O)[nH]c(=O)c12.Cl.Cl. The van der Waals surface area contributed by atoms with E-state index in [-0.39, 0.29) is 52.9 Å². The van der Waals surface area contributed by atoms with Gasteiger partial charge in [-0.15, -0.1) is 24.8 Å². The van der Waals surface area contributed by atoms with Crippen LogP contribution in [-0.4, -0.2) is 45.9 Å². The fourth-order valence-electron chi connectivity index (χ4n) is 2.44. The molecule has 2 rings (SSSR count). The van der Waals surface area contributed by atoms with E-state index in [1.807, 2.05) is 13.8 Å². The Morgan fingerprint density at radius 2 is 1.88 bits per heavy atom. The van der Waals surface area contributed by atoms with Crippen LogP contribution in [0.4, 0.5) is 0 Å². The van der Waals surface area contributed by atoms with Gasteiger partial charge >= 0.3 is 5.69 Å². The summed E-state index contributed by atoms with van der Waals surface area (Å²) in [4.78, 5) is 46.1. The lowest BCUT2D eigenvalue weighted by Gasteiger charge is -2.28. The molecule has 4 N–H and O–H groups in total. The molecule has 0 aliphatic rings. The molecule has 0 spiro atoms. The van der Waals surface area contributed by atoms with Gasteiger partial charge in [0, 0.05) is 13.6 Å². The first-order valence-electron chi connectivity index (χ1n) is 7.24. The number of rotatable bonds is 4. The van der Waals surface area contributed by atoms with Gasteiger partial charge in [-0.05, 0) is 30.5 Å². The molecule has 2 aromatic rings. The lowest BCUT2D eigenvalue weighted by molar-refractivity contribution is 0.0735. The summed E-state index contributed by atoms with van der Waals surface area (Å²) in [6.45, 7) is 6.53. The second-order valence-electron chi connectivity index (χ2n) is 6.49. The van der Waals surface area contributed by atoms with Crippen molar-refractivity contribution in [2.24, 2.45) is 11.1 Å². The summed E-state index contributed by atoms with van der Waals surface area (Å²) in [5.41, 5.74) is 5.14. The number of carbonyl (C=O) groups excluding carboxylic acids is 1. The van der Waals surface area contributed by atoms with Gasteiger partial charge in [0.1, 0.15) is 11.3 Å². The van der Waals surface area contributed by atoms with Gasteiger partial charge in [0.25, 0.3) is 11.5 Å². The Bertz CT molecular complexity index is 876. The summed E-state index contributed by atoms with van der Waals surface area (Å²) in [6, 6.07) is 1.55. The molecule has 0 saturated carbocycles. The quantitative estimate of drug-likeness (QED) is 0.711. The molecular weight excluding hydrogens is 369 g/mol. The standard InChI is InChI=1S/C15H21N5O3.2ClH/c1-8-5-9(13(22)20(4)7-15(2,3)6-16)17-11-10(8)12(21)19-14(23)18-11;;/h5H,6-7,16H2,1-4H3,(H2,17,18,19,21,23);2*1H. The van der Waals surface area contributed by atoms with Crippen molar-refractivity contribution in [2.75, 3.05) is 20.1 Å². The Hall–Kier alpha value is -1.90. The minimum absolute atomic E-state index is 0. The second kappa shape index (κ2) is 8.46. The number of nitrogens with zero attached hydrogens (tertiary/aromatic N) is 2. The molecule has 0 aliphatic heterocycles. The van der Waals surface area contributed by atoms with E-state index in [1.54, 1.807) is 20.0 Å². The maximum Gasteiger partial charge on any atom is 0.327 e. The second-order valence-corrected chi connectivity index (χ2v) is 6.49. The molecule has 0 radical (unpaired) electrons. The van der Waals surface area contributed by atoms with E-state index in [9.17, 15) is 14.4 Å². The van der Waals surface area contributed by atoms with E-state index in [0.717, 1.165) is 0 Å². The Labute approximate surface area is 157 Å². The molecule has 0 saturated heterocycles. The Balaban J connectivity index is 0.00000288. The van der Waals surface area contributed by atoms with Crippen LogP contribution in [0.3, 0.4) is 0 Å². The van der Waals surface area contributed by atoms with Crippen molar-refractivity contribution in [3.8, 4) is 0 Å². The highest BCUT2D eigenvalue weighted by Gasteiger charge is 2.23. The first-order valence-corrected chi connectivity index (χ1v) is 7.24. The molecule has 25 heavy (non-hydrogen) atoms. The maximum absolute atomic E-state index is 12.5. The first kappa shape index (κ1) is 23.1. The lowest BCUT2D eigenvalue weighted by Crippen LogP contribution is -2.40. The van der Waals surface area contributed by atoms with Gasteiger partial charge in [-0.2, -0.15) is 0 Å². The molecule has 0 aromatic carbocycles. The van der Waals surface area contributed by atoms with Crippen molar-refractivity contribution in [1.82, 2.24) is 19.9 Å². The normalized spacial score (nSPS) is 10.8. The van der Waals surface area contributed by atoms with Crippen molar-refractivity contribution in [3.05, 3.63) is 38.2 Å². The van der Waals surface area contributed by atoms with Crippen LogP contribution in [0.25, 0.3) is 11.0 Å². The third kappa shape index (κ3) is 5.04. The third-order valence-electron chi connectivity index (χ3n) is 3.69. The van der Waals surface area contributed by atoms with E-state index < -0.39 is 11.2 Å². The van der Waals surface area contributed by atoms with E-state index >= 15 is 0 Å². The number of aryl methyl sites for hydroxylation is 1. The van der Waals surface area contributed by atoms with Gasteiger partial charge < -0.3 is 10.6 Å². The number of pyridine rings is 1. The number of aromatic amines is 2. The van der Waals surface area contributed by atoms with Crippen LogP contribution < -0.4 is 17.0 Å². The van der Waals surface area contributed by atoms with Gasteiger partial charge in [0.05, 0.1) is 5.39 Å². The lowest BCUT2D eigenvalue weighted by atomic mass is 9.93. The third-order valence-corrected chi connectivity index (χ3v) is 3.69. The summed E-state index contributed by atoms with van der Waals surface area (Å²) in [5.74, 6) is -0.294. The zero-order valence-electron chi connectivity index (χ0n) is 14.5. The number of nitrogens with one attached hydrogen (secondary N) is 2. The number of amides is 1. The maximum atomic E-state index is 12.5. The van der Waals surface area contributed by atoms with Crippen LogP contribution in [-0.2, 0) is 0 Å². The smallest absolute Gasteiger partial charge is 0.327 e. The van der Waals surface area contributed by atoms with Gasteiger partial charge in [-0.25, -0.2) is 9.78 Å². The molecule has 2 aromatic heterocycles. The van der Waals surface area contributed by atoms with Crippen molar-refractivity contribution in [2.45, 2.75) is 20.8 Å². The van der Waals surface area contributed by atoms with Crippen molar-refractivity contribution < 1.29 is 4.79 Å². The molecule has 1 amide bonds. The van der Waals surface area contributed by atoms with Crippen LogP contribution >= 0.6 is 24.8 Å². The van der Waals surface area contributed by atoms with Crippen LogP contribution in [0, 0.1) is 12.3 Å². The monoisotopic (exact) mass is 391 g/mol. The average molecular weight is 392 g/mol. The van der Waals surface area contributed by atoms with E-state index in [1.165, 1.54) is 4.90 Å². The van der Waals surface area contributed by atoms with Crippen LogP contribution in [0.5, 0.6) is 0 Å². The molecule has 140 valence electrons. The summed E-state index contributed by atoms with van der Waals surface area (Å²) in [6.07, 6.45) is 0. The zero-order chi connectivity index (χ0) is 17.4. The Kier molecular flexibility index (Phi) is 7.82. The number of nitrogens with two attached hydrogens (primary N) is 1. The van der Waals surface area contributed by atoms with E-state index in [0.29, 0.717) is 18.7 Å². The van der Waals surface area contributed by atoms with E-state index in [2.05, 4.69) is 15.0 Å². The van der Waals surface area contributed by atoms with Crippen LogP contribution in [0.2, 0.25) is 0 Å². The molecule has 8 nitrogen and oxygen atoms in total. The van der Waals surface area contributed by atoms with Gasteiger partial charge in [-0.3, -0.25) is 19.6 Å². The highest BCUT2D eigenvalue weighted by Crippen LogP contribution is 2.17. The number of hydrogen-bond acceptors (Lipinski definition) is 5. The number of fused-ring (bicyclic) bond motifs is 1. The largest absolute Gasteiger partial charge is 0.340 e. The molecule has 0 aliphatic carbocycles. The summed E-state index contributed by atoms with van der Waals surface area (Å²) < 4.78 is 0. The summed E-state index contributed by atoms with van der Waals surface area (Å²) >= 11 is 0. The van der Waals surface area contributed by atoms with Crippen molar-refractivity contribution >= 4 is 41.8 Å². The predicted octanol–water partition coefficient (Wildman–Crippen LogP) is 0.820. The fraction of sp³-hybridized carbons (Fsp3) is 0.467. The fourth-order valence-corrected chi connectivity index (χ4v) is 2.44. The number of hydrogen-bond donors (Lipinski definition) is 3. The Morgan fingerprint density at radius 3 is 2.44 bits per heavy atom. The highest BCUT2D eigenvalue weighted by molar-refractivity contribution is 5.95. The molecule has 0 unspecified atom stereocenters. The number of halogens is 2. The van der Waals surface area contributed by atoms with Crippen molar-refractivity contribution in [3.63, 3.8) is 0 Å². The minimum Gasteiger partial charge on any atom is -0.340 e. The molecule has 0 fully saturated rings. The number of H-pyrrole nitrogens is 2.